The third-order valence-corrected chi connectivity index (χ3v) is 1.84. The number of nitrogens with zero attached hydrogens (tertiary/aromatic N) is 1. The van der Waals surface area contributed by atoms with Crippen molar-refractivity contribution in [2.24, 2.45) is 0 Å². The van der Waals surface area contributed by atoms with E-state index in [9.17, 15) is 19.8 Å². The molecule has 0 bridgehead atoms. The fraction of sp³-hybridized carbons (Fsp3) is 0.222. The van der Waals surface area contributed by atoms with Gasteiger partial charge in [0.25, 0.3) is 0 Å². The van der Waals surface area contributed by atoms with Gasteiger partial charge in [0, 0.05) is 22.5 Å². The molecule has 0 amide bonds. The first kappa shape index (κ1) is 10.2. The number of aryl methyl sites for hydroxylation is 2. The lowest BCUT2D eigenvalue weighted by atomic mass is 10.1. The molecular formula is C9H7NO4-2. The van der Waals surface area contributed by atoms with Crippen molar-refractivity contribution in [1.82, 2.24) is 4.98 Å². The highest BCUT2D eigenvalue weighted by atomic mass is 16.4. The van der Waals surface area contributed by atoms with E-state index in [4.69, 9.17) is 0 Å². The molecule has 0 fully saturated rings. The normalized spacial score (nSPS) is 9.86. The molecule has 5 heteroatoms. The molecule has 0 aliphatic rings. The van der Waals surface area contributed by atoms with E-state index in [0.717, 1.165) is 6.07 Å². The van der Waals surface area contributed by atoms with E-state index >= 15 is 0 Å². The van der Waals surface area contributed by atoms with E-state index in [0.29, 0.717) is 0 Å². The molecule has 0 spiro atoms. The Hall–Kier alpha value is -1.91. The summed E-state index contributed by atoms with van der Waals surface area (Å²) in [5, 5.41) is 21.1. The number of hydrogen-bond donors (Lipinski definition) is 0. The standard InChI is InChI=1S/C9H9NO4/c1-4-6(8(11)12)3-7(9(13)14)5(2)10-4/h3H,1-2H3,(H,11,12)(H,13,14)/p-2. The Balaban J connectivity index is 3.42. The Morgan fingerprint density at radius 2 is 1.43 bits per heavy atom. The molecule has 74 valence electrons. The van der Waals surface area contributed by atoms with Gasteiger partial charge in [-0.2, -0.15) is 0 Å². The summed E-state index contributed by atoms with van der Waals surface area (Å²) in [6.07, 6.45) is 0. The van der Waals surface area contributed by atoms with Gasteiger partial charge in [0.15, 0.2) is 0 Å². The van der Waals surface area contributed by atoms with Gasteiger partial charge < -0.3 is 19.8 Å². The summed E-state index contributed by atoms with van der Waals surface area (Å²) in [6, 6.07) is 1.00. The molecule has 1 aromatic rings. The van der Waals surface area contributed by atoms with Crippen LogP contribution in [0.5, 0.6) is 0 Å². The molecule has 0 aliphatic heterocycles. The predicted molar refractivity (Wildman–Crippen MR) is 42.4 cm³/mol. The molecule has 0 atom stereocenters. The first-order chi connectivity index (χ1) is 6.43. The van der Waals surface area contributed by atoms with Gasteiger partial charge in [-0.25, -0.2) is 0 Å². The van der Waals surface area contributed by atoms with Gasteiger partial charge in [0.2, 0.25) is 0 Å². The smallest absolute Gasteiger partial charge is 0.0733 e. The zero-order valence-electron chi connectivity index (χ0n) is 7.66. The number of carbonyl (C=O) groups is 2. The maximum atomic E-state index is 10.5. The summed E-state index contributed by atoms with van der Waals surface area (Å²) >= 11 is 0. The minimum Gasteiger partial charge on any atom is -0.545 e. The van der Waals surface area contributed by atoms with Gasteiger partial charge in [-0.05, 0) is 19.9 Å². The topological polar surface area (TPSA) is 93.2 Å². The zero-order chi connectivity index (χ0) is 10.9. The number of carboxylic acid groups (broad SMARTS) is 2. The van der Waals surface area contributed by atoms with E-state index in [2.05, 4.69) is 4.98 Å². The van der Waals surface area contributed by atoms with E-state index < -0.39 is 11.9 Å². The van der Waals surface area contributed by atoms with Crippen LogP contribution in [0, 0.1) is 13.8 Å². The van der Waals surface area contributed by atoms with Gasteiger partial charge in [-0.1, -0.05) is 0 Å². The predicted octanol–water partition coefficient (Wildman–Crippen LogP) is -1.57. The molecule has 0 saturated carbocycles. The van der Waals surface area contributed by atoms with Gasteiger partial charge in [-0.15, -0.1) is 0 Å². The summed E-state index contributed by atoms with van der Waals surface area (Å²) in [5.41, 5.74) is 0.00426. The molecule has 0 saturated heterocycles. The zero-order valence-corrected chi connectivity index (χ0v) is 7.66. The molecule has 0 aliphatic carbocycles. The fourth-order valence-electron chi connectivity index (χ4n) is 1.14. The Morgan fingerprint density at radius 3 is 1.71 bits per heavy atom. The average molecular weight is 193 g/mol. The third-order valence-electron chi connectivity index (χ3n) is 1.84. The molecule has 1 aromatic heterocycles. The minimum atomic E-state index is -1.45. The SMILES string of the molecule is Cc1nc(C)c(C(=O)[O-])cc1C(=O)[O-]. The van der Waals surface area contributed by atoms with Crippen molar-refractivity contribution < 1.29 is 19.8 Å². The summed E-state index contributed by atoms with van der Waals surface area (Å²) in [6.45, 7) is 2.94. The quantitative estimate of drug-likeness (QED) is 0.565. The number of carboxylic acids is 2. The molecule has 0 N–H and O–H groups in total. The Labute approximate surface area is 80.0 Å². The van der Waals surface area contributed by atoms with Crippen LogP contribution in [0.25, 0.3) is 0 Å². The molecular weight excluding hydrogens is 186 g/mol. The molecule has 0 unspecified atom stereocenters. The van der Waals surface area contributed by atoms with Crippen molar-refractivity contribution in [2.45, 2.75) is 13.8 Å². The van der Waals surface area contributed by atoms with E-state index in [1.165, 1.54) is 13.8 Å². The summed E-state index contributed by atoms with van der Waals surface area (Å²) in [7, 11) is 0. The van der Waals surface area contributed by atoms with Gasteiger partial charge >= 0.3 is 0 Å². The number of carbonyl (C=O) groups excluding carboxylic acids is 2. The van der Waals surface area contributed by atoms with E-state index in [1.807, 2.05) is 0 Å². The Bertz CT molecular complexity index is 376. The number of aromatic carboxylic acids is 2. The van der Waals surface area contributed by atoms with E-state index in [-0.39, 0.29) is 22.5 Å². The van der Waals surface area contributed by atoms with Crippen LogP contribution in [0.15, 0.2) is 6.07 Å². The monoisotopic (exact) mass is 193 g/mol. The molecule has 14 heavy (non-hydrogen) atoms. The Kier molecular flexibility index (Phi) is 2.51. The van der Waals surface area contributed by atoms with Crippen LogP contribution in [0.2, 0.25) is 0 Å². The number of aromatic nitrogens is 1. The van der Waals surface area contributed by atoms with Crippen LogP contribution >= 0.6 is 0 Å². The molecule has 5 nitrogen and oxygen atoms in total. The van der Waals surface area contributed by atoms with Gasteiger partial charge in [-0.3, -0.25) is 4.98 Å². The second-order valence-corrected chi connectivity index (χ2v) is 2.83. The van der Waals surface area contributed by atoms with Crippen LogP contribution in [0.1, 0.15) is 32.1 Å². The lowest BCUT2D eigenvalue weighted by molar-refractivity contribution is -0.255. The highest BCUT2D eigenvalue weighted by Crippen LogP contribution is 2.11. The average Bonchev–Trinajstić information content (AvgIpc) is 2.02. The van der Waals surface area contributed by atoms with Crippen molar-refractivity contribution in [2.75, 3.05) is 0 Å². The van der Waals surface area contributed by atoms with Crippen LogP contribution in [-0.4, -0.2) is 16.9 Å². The van der Waals surface area contributed by atoms with Crippen molar-refractivity contribution in [3.8, 4) is 0 Å². The minimum absolute atomic E-state index is 0.227. The molecule has 1 heterocycles. The number of hydrogen-bond acceptors (Lipinski definition) is 5. The lowest BCUT2D eigenvalue weighted by Gasteiger charge is -2.12. The Morgan fingerprint density at radius 1 is 1.07 bits per heavy atom. The first-order valence-electron chi connectivity index (χ1n) is 3.84. The van der Waals surface area contributed by atoms with Crippen molar-refractivity contribution in [1.29, 1.82) is 0 Å². The van der Waals surface area contributed by atoms with Crippen LogP contribution in [-0.2, 0) is 0 Å². The van der Waals surface area contributed by atoms with Crippen LogP contribution < -0.4 is 10.2 Å². The molecule has 1 rings (SSSR count). The van der Waals surface area contributed by atoms with Gasteiger partial charge in [0.1, 0.15) is 0 Å². The summed E-state index contributed by atoms with van der Waals surface area (Å²) < 4.78 is 0. The maximum absolute atomic E-state index is 10.5. The number of pyridine rings is 1. The largest absolute Gasteiger partial charge is 0.545 e. The van der Waals surface area contributed by atoms with Crippen LogP contribution in [0.3, 0.4) is 0 Å². The summed E-state index contributed by atoms with van der Waals surface area (Å²) in [5.74, 6) is -2.89. The maximum Gasteiger partial charge on any atom is 0.0733 e. The highest BCUT2D eigenvalue weighted by Gasteiger charge is 2.07. The summed E-state index contributed by atoms with van der Waals surface area (Å²) in [4.78, 5) is 24.9. The third kappa shape index (κ3) is 1.71. The van der Waals surface area contributed by atoms with Gasteiger partial charge in [0.05, 0.1) is 11.9 Å². The number of rotatable bonds is 2. The second-order valence-electron chi connectivity index (χ2n) is 2.83. The highest BCUT2D eigenvalue weighted by molar-refractivity contribution is 5.93. The molecule has 0 radical (unpaired) electrons. The fourth-order valence-corrected chi connectivity index (χ4v) is 1.14. The van der Waals surface area contributed by atoms with Crippen molar-refractivity contribution in [3.63, 3.8) is 0 Å². The van der Waals surface area contributed by atoms with E-state index in [1.54, 1.807) is 0 Å². The lowest BCUT2D eigenvalue weighted by Crippen LogP contribution is -2.28. The molecule has 0 aromatic carbocycles. The first-order valence-corrected chi connectivity index (χ1v) is 3.84. The van der Waals surface area contributed by atoms with Crippen molar-refractivity contribution in [3.05, 3.63) is 28.6 Å². The van der Waals surface area contributed by atoms with Crippen molar-refractivity contribution >= 4 is 11.9 Å². The van der Waals surface area contributed by atoms with Crippen LogP contribution in [0.4, 0.5) is 0 Å². The second kappa shape index (κ2) is 3.45.